The van der Waals surface area contributed by atoms with Gasteiger partial charge in [-0.05, 0) is 50.2 Å². The van der Waals surface area contributed by atoms with Crippen LogP contribution in [-0.4, -0.2) is 47.9 Å². The molecule has 1 aromatic carbocycles. The molecule has 1 spiro atoms. The van der Waals surface area contributed by atoms with E-state index in [1.54, 1.807) is 24.0 Å². The van der Waals surface area contributed by atoms with Crippen molar-refractivity contribution in [1.29, 1.82) is 0 Å². The predicted octanol–water partition coefficient (Wildman–Crippen LogP) is 5.17. The number of nitro groups is 1. The maximum Gasteiger partial charge on any atom is 0.271 e. The third-order valence-corrected chi connectivity index (χ3v) is 7.58. The van der Waals surface area contributed by atoms with Crippen LogP contribution in [0.1, 0.15) is 54.6 Å². The number of non-ortho nitro benzene ring substituents is 1. The van der Waals surface area contributed by atoms with Crippen molar-refractivity contribution in [2.75, 3.05) is 41.3 Å². The molecule has 2 aromatic rings. The molecule has 0 bridgehead atoms. The molecule has 10 heteroatoms. The van der Waals surface area contributed by atoms with Crippen LogP contribution in [0.3, 0.4) is 0 Å². The minimum atomic E-state index is -2.66. The van der Waals surface area contributed by atoms with Crippen LogP contribution < -0.4 is 15.1 Å². The first-order valence-electron chi connectivity index (χ1n) is 12.1. The molecule has 1 aliphatic carbocycles. The molecule has 2 saturated heterocycles. The van der Waals surface area contributed by atoms with Gasteiger partial charge in [-0.1, -0.05) is 0 Å². The van der Waals surface area contributed by atoms with Gasteiger partial charge in [0, 0.05) is 68.6 Å². The first-order valence-corrected chi connectivity index (χ1v) is 12.1. The number of carbonyl (C=O) groups excluding carboxylic acids is 1. The zero-order valence-electron chi connectivity index (χ0n) is 19.7. The van der Waals surface area contributed by atoms with Gasteiger partial charge in [0.15, 0.2) is 0 Å². The molecule has 3 aliphatic rings. The normalized spacial score (nSPS) is 20.5. The lowest BCUT2D eigenvalue weighted by atomic mass is 9.93. The number of amides is 1. The van der Waals surface area contributed by atoms with Gasteiger partial charge >= 0.3 is 0 Å². The maximum atomic E-state index is 13.6. The van der Waals surface area contributed by atoms with Gasteiger partial charge in [-0.25, -0.2) is 13.8 Å². The largest absolute Gasteiger partial charge is 0.371 e. The van der Waals surface area contributed by atoms with E-state index in [1.807, 2.05) is 0 Å². The van der Waals surface area contributed by atoms with E-state index in [0.29, 0.717) is 33.9 Å². The molecule has 5 rings (SSSR count). The molecule has 186 valence electrons. The lowest BCUT2D eigenvalue weighted by molar-refractivity contribution is -0.384. The van der Waals surface area contributed by atoms with Crippen molar-refractivity contribution in [2.24, 2.45) is 5.41 Å². The van der Waals surface area contributed by atoms with E-state index in [0.717, 1.165) is 25.9 Å². The minimum absolute atomic E-state index is 0.0489. The summed E-state index contributed by atoms with van der Waals surface area (Å²) in [6.45, 7) is 3.70. The molecule has 8 nitrogen and oxygen atoms in total. The van der Waals surface area contributed by atoms with Crippen LogP contribution in [0.4, 0.5) is 31.7 Å². The Kier molecular flexibility index (Phi) is 5.85. The van der Waals surface area contributed by atoms with E-state index in [1.165, 1.54) is 31.0 Å². The molecular weight excluding hydrogens is 456 g/mol. The van der Waals surface area contributed by atoms with Gasteiger partial charge in [-0.2, -0.15) is 0 Å². The van der Waals surface area contributed by atoms with Crippen molar-refractivity contribution in [3.8, 4) is 0 Å². The van der Waals surface area contributed by atoms with Crippen molar-refractivity contribution in [3.63, 3.8) is 0 Å². The summed E-state index contributed by atoms with van der Waals surface area (Å²) in [5, 5.41) is 14.3. The van der Waals surface area contributed by atoms with Crippen LogP contribution in [0.25, 0.3) is 0 Å². The number of benzene rings is 1. The van der Waals surface area contributed by atoms with E-state index in [4.69, 9.17) is 0 Å². The van der Waals surface area contributed by atoms with Crippen LogP contribution in [0.15, 0.2) is 30.3 Å². The highest BCUT2D eigenvalue weighted by molar-refractivity contribution is 6.08. The number of hydrogen-bond acceptors (Lipinski definition) is 6. The Balaban J connectivity index is 1.37. The summed E-state index contributed by atoms with van der Waals surface area (Å²) in [5.74, 6) is -2.48. The van der Waals surface area contributed by atoms with Crippen LogP contribution in [0.2, 0.25) is 0 Å². The average Bonchev–Trinajstić information content (AvgIpc) is 3.57. The topological polar surface area (TPSA) is 91.6 Å². The number of anilines is 3. The van der Waals surface area contributed by atoms with E-state index in [-0.39, 0.29) is 37.5 Å². The number of carbonyl (C=O) groups is 1. The minimum Gasteiger partial charge on any atom is -0.371 e. The molecule has 3 heterocycles. The standard InChI is InChI=1S/C25H29F2N5O3/c1-17-14-18(15-22(28-17)31-12-8-25(26,27)9-13-31)29-23(33)20-3-2-19(32(34)35)16-21(20)30-10-6-24(4-5-24)7-11-30/h2-3,14-16H,4-13H2,1H3,(H,28,29,33). The number of aryl methyl sites for hydroxylation is 1. The van der Waals surface area contributed by atoms with Gasteiger partial charge in [0.25, 0.3) is 17.5 Å². The molecule has 1 saturated carbocycles. The number of rotatable bonds is 5. The Morgan fingerprint density at radius 1 is 1.00 bits per heavy atom. The Morgan fingerprint density at radius 3 is 2.29 bits per heavy atom. The molecule has 0 radical (unpaired) electrons. The van der Waals surface area contributed by atoms with Crippen LogP contribution in [0.5, 0.6) is 0 Å². The van der Waals surface area contributed by atoms with E-state index >= 15 is 0 Å². The Morgan fingerprint density at radius 2 is 1.66 bits per heavy atom. The number of nitro benzene ring substituents is 1. The molecule has 0 unspecified atom stereocenters. The SMILES string of the molecule is Cc1cc(NC(=O)c2ccc([N+](=O)[O-])cc2N2CCC3(CC2)CC3)cc(N2CCC(F)(F)CC2)n1. The van der Waals surface area contributed by atoms with Gasteiger partial charge in [-0.3, -0.25) is 14.9 Å². The summed E-state index contributed by atoms with van der Waals surface area (Å²) in [5.41, 5.74) is 2.49. The van der Waals surface area contributed by atoms with Crippen LogP contribution in [0, 0.1) is 22.5 Å². The third-order valence-electron chi connectivity index (χ3n) is 7.58. The number of nitrogens with one attached hydrogen (secondary N) is 1. The van der Waals surface area contributed by atoms with Gasteiger partial charge in [0.1, 0.15) is 5.82 Å². The second-order valence-corrected chi connectivity index (χ2v) is 10.1. The smallest absolute Gasteiger partial charge is 0.271 e. The molecule has 1 N–H and O–H groups in total. The first-order chi connectivity index (χ1) is 16.6. The molecule has 1 amide bonds. The number of aromatic nitrogens is 1. The molecule has 35 heavy (non-hydrogen) atoms. The molecule has 1 aromatic heterocycles. The highest BCUT2D eigenvalue weighted by Gasteiger charge is 2.44. The summed E-state index contributed by atoms with van der Waals surface area (Å²) < 4.78 is 27.2. The first kappa shape index (κ1) is 23.4. The van der Waals surface area contributed by atoms with E-state index in [2.05, 4.69) is 15.2 Å². The van der Waals surface area contributed by atoms with E-state index in [9.17, 15) is 23.7 Å². The fourth-order valence-electron chi connectivity index (χ4n) is 5.13. The second-order valence-electron chi connectivity index (χ2n) is 10.1. The van der Waals surface area contributed by atoms with Crippen molar-refractivity contribution in [2.45, 2.75) is 51.4 Å². The highest BCUT2D eigenvalue weighted by Crippen LogP contribution is 2.54. The van der Waals surface area contributed by atoms with E-state index < -0.39 is 10.8 Å². The average molecular weight is 486 g/mol. The summed E-state index contributed by atoms with van der Waals surface area (Å²) >= 11 is 0. The van der Waals surface area contributed by atoms with Crippen molar-refractivity contribution >= 4 is 28.8 Å². The second kappa shape index (κ2) is 8.73. The molecule has 0 atom stereocenters. The summed E-state index contributed by atoms with van der Waals surface area (Å²) in [6, 6.07) is 7.75. The lowest BCUT2D eigenvalue weighted by Gasteiger charge is -2.34. The van der Waals surface area contributed by atoms with Crippen molar-refractivity contribution < 1.29 is 18.5 Å². The zero-order valence-corrected chi connectivity index (χ0v) is 19.7. The number of hydrogen-bond donors (Lipinski definition) is 1. The van der Waals surface area contributed by atoms with Crippen molar-refractivity contribution in [3.05, 3.63) is 51.7 Å². The Labute approximate surface area is 202 Å². The summed E-state index contributed by atoms with van der Waals surface area (Å²) in [4.78, 5) is 32.7. The quantitative estimate of drug-likeness (QED) is 0.464. The summed E-state index contributed by atoms with van der Waals surface area (Å²) in [7, 11) is 0. The fourth-order valence-corrected chi connectivity index (χ4v) is 5.13. The van der Waals surface area contributed by atoms with Gasteiger partial charge < -0.3 is 15.1 Å². The van der Waals surface area contributed by atoms with Gasteiger partial charge in [0.2, 0.25) is 0 Å². The number of halogens is 2. The number of nitrogens with zero attached hydrogens (tertiary/aromatic N) is 4. The van der Waals surface area contributed by atoms with Crippen LogP contribution in [-0.2, 0) is 0 Å². The monoisotopic (exact) mass is 485 g/mol. The maximum absolute atomic E-state index is 13.6. The predicted molar refractivity (Wildman–Crippen MR) is 130 cm³/mol. The molecule has 3 fully saturated rings. The lowest BCUT2D eigenvalue weighted by Crippen LogP contribution is -2.39. The molecule has 2 aliphatic heterocycles. The zero-order chi connectivity index (χ0) is 24.8. The van der Waals surface area contributed by atoms with Gasteiger partial charge in [-0.15, -0.1) is 0 Å². The van der Waals surface area contributed by atoms with Crippen LogP contribution >= 0.6 is 0 Å². The highest BCUT2D eigenvalue weighted by atomic mass is 19.3. The number of alkyl halides is 2. The molecular formula is C25H29F2N5O3. The summed E-state index contributed by atoms with van der Waals surface area (Å²) in [6.07, 6.45) is 4.07. The Hall–Kier alpha value is -3.30. The van der Waals surface area contributed by atoms with Gasteiger partial charge in [0.05, 0.1) is 16.2 Å². The number of pyridine rings is 1. The third kappa shape index (κ3) is 5.06. The van der Waals surface area contributed by atoms with Crippen molar-refractivity contribution in [1.82, 2.24) is 4.98 Å². The Bertz CT molecular complexity index is 1150. The fraction of sp³-hybridized carbons (Fsp3) is 0.520. The number of piperidine rings is 2.